The van der Waals surface area contributed by atoms with Crippen molar-refractivity contribution in [3.05, 3.63) is 36.2 Å². The van der Waals surface area contributed by atoms with E-state index in [1.54, 1.807) is 12.3 Å². The molecule has 1 N–H and O–H groups in total. The van der Waals surface area contributed by atoms with Gasteiger partial charge >= 0.3 is 0 Å². The summed E-state index contributed by atoms with van der Waals surface area (Å²) in [6.07, 6.45) is 1.63. The molecule has 0 bridgehead atoms. The van der Waals surface area contributed by atoms with Gasteiger partial charge < -0.3 is 5.11 Å². The maximum atomic E-state index is 10.1. The van der Waals surface area contributed by atoms with E-state index >= 15 is 0 Å². The first-order valence-electron chi connectivity index (χ1n) is 5.91. The van der Waals surface area contributed by atoms with E-state index in [0.717, 1.165) is 22.1 Å². The first kappa shape index (κ1) is 11.6. The lowest BCUT2D eigenvalue weighted by molar-refractivity contribution is 0.478. The molecule has 6 heteroatoms. The van der Waals surface area contributed by atoms with E-state index in [-0.39, 0.29) is 5.75 Å². The maximum absolute atomic E-state index is 10.1. The highest BCUT2D eigenvalue weighted by Gasteiger charge is 2.10. The molecule has 0 aliphatic rings. The third-order valence-electron chi connectivity index (χ3n) is 3.04. The van der Waals surface area contributed by atoms with Crippen LogP contribution in [0.1, 0.15) is 5.69 Å². The Balaban J connectivity index is 2.26. The summed E-state index contributed by atoms with van der Waals surface area (Å²) in [4.78, 5) is 0. The molecule has 2 aromatic heterocycles. The number of phenolic OH excluding ortho intramolecular Hbond substituents is 1. The summed E-state index contributed by atoms with van der Waals surface area (Å²) < 4.78 is 0. The van der Waals surface area contributed by atoms with Gasteiger partial charge in [0.2, 0.25) is 0 Å². The first-order chi connectivity index (χ1) is 9.15. The first-order valence-corrected chi connectivity index (χ1v) is 5.91. The predicted octanol–water partition coefficient (Wildman–Crippen LogP) is 0.359. The van der Waals surface area contributed by atoms with Crippen LogP contribution in [0.2, 0.25) is 0 Å². The molecule has 0 fully saturated rings. The third kappa shape index (κ3) is 2.01. The van der Waals surface area contributed by atoms with Crippen LogP contribution in [0.4, 0.5) is 0 Å². The van der Waals surface area contributed by atoms with Crippen molar-refractivity contribution in [1.29, 1.82) is 0 Å². The van der Waals surface area contributed by atoms with Crippen LogP contribution in [0, 0.1) is 6.92 Å². The zero-order valence-electron chi connectivity index (χ0n) is 10.6. The van der Waals surface area contributed by atoms with Gasteiger partial charge in [0.05, 0.1) is 17.6 Å². The van der Waals surface area contributed by atoms with Gasteiger partial charge in [-0.15, -0.1) is 0 Å². The Kier molecular flexibility index (Phi) is 2.63. The lowest BCUT2D eigenvalue weighted by Crippen LogP contribution is -2.09. The van der Waals surface area contributed by atoms with Crippen LogP contribution in [0.3, 0.4) is 0 Å². The summed E-state index contributed by atoms with van der Waals surface area (Å²) in [5.74, 6) is 0.165. The van der Waals surface area contributed by atoms with Gasteiger partial charge in [0.25, 0.3) is 0 Å². The second kappa shape index (κ2) is 4.31. The zero-order valence-corrected chi connectivity index (χ0v) is 10.6. The topological polar surface area (TPSA) is 71.8 Å². The van der Waals surface area contributed by atoms with Crippen molar-refractivity contribution in [2.45, 2.75) is 6.92 Å². The second-order valence-corrected chi connectivity index (χ2v) is 4.45. The number of rotatable bonds is 1. The van der Waals surface area contributed by atoms with Gasteiger partial charge in [-0.1, -0.05) is 0 Å². The Morgan fingerprint density at radius 2 is 1.95 bits per heavy atom. The highest BCUT2D eigenvalue weighted by Crippen LogP contribution is 2.32. The predicted molar refractivity (Wildman–Crippen MR) is 75.1 cm³/mol. The minimum Gasteiger partial charge on any atom is -0.507 e. The molecule has 3 rings (SSSR count). The standard InChI is InChI=1S/C13H11BN4O/c1-7-9-5-10(11-2-3-13(14)18-17-11)12(19)4-8(9)6-15-16-7/h2-6,19H,14H2,1H3. The van der Waals surface area contributed by atoms with Crippen molar-refractivity contribution >= 4 is 24.2 Å². The van der Waals surface area contributed by atoms with Crippen LogP contribution >= 0.6 is 0 Å². The summed E-state index contributed by atoms with van der Waals surface area (Å²) in [5.41, 5.74) is 2.95. The fraction of sp³-hybridized carbons (Fsp3) is 0.0769. The van der Waals surface area contributed by atoms with E-state index < -0.39 is 0 Å². The van der Waals surface area contributed by atoms with Crippen LogP contribution < -0.4 is 5.59 Å². The van der Waals surface area contributed by atoms with E-state index in [9.17, 15) is 5.11 Å². The average molecular weight is 250 g/mol. The smallest absolute Gasteiger partial charge is 0.166 e. The summed E-state index contributed by atoms with van der Waals surface area (Å²) in [7, 11) is 1.87. The molecule has 3 aromatic rings. The normalized spacial score (nSPS) is 10.8. The van der Waals surface area contributed by atoms with E-state index in [1.165, 1.54) is 0 Å². The zero-order chi connectivity index (χ0) is 13.4. The van der Waals surface area contributed by atoms with Gasteiger partial charge in [0.1, 0.15) is 5.75 Å². The highest BCUT2D eigenvalue weighted by molar-refractivity contribution is 6.30. The molecule has 0 amide bonds. The van der Waals surface area contributed by atoms with Crippen molar-refractivity contribution in [2.75, 3.05) is 0 Å². The molecule has 0 radical (unpaired) electrons. The number of aromatic hydroxyl groups is 1. The number of fused-ring (bicyclic) bond motifs is 1. The van der Waals surface area contributed by atoms with Crippen molar-refractivity contribution in [3.63, 3.8) is 0 Å². The number of aryl methyl sites for hydroxylation is 1. The molecule has 0 atom stereocenters. The lowest BCUT2D eigenvalue weighted by Gasteiger charge is -2.07. The van der Waals surface area contributed by atoms with Crippen LogP contribution in [-0.2, 0) is 0 Å². The Bertz CT molecular complexity index is 758. The molecular formula is C13H11BN4O. The Morgan fingerprint density at radius 3 is 2.68 bits per heavy atom. The molecule has 92 valence electrons. The molecule has 0 saturated carbocycles. The number of aromatic nitrogens is 4. The second-order valence-electron chi connectivity index (χ2n) is 4.45. The van der Waals surface area contributed by atoms with E-state index in [1.807, 2.05) is 33.0 Å². The number of phenols is 1. The minimum absolute atomic E-state index is 0.165. The van der Waals surface area contributed by atoms with Gasteiger partial charge in [-0.25, -0.2) is 0 Å². The van der Waals surface area contributed by atoms with Crippen LogP contribution in [0.15, 0.2) is 30.5 Å². The quantitative estimate of drug-likeness (QED) is 0.631. The molecule has 0 unspecified atom stereocenters. The van der Waals surface area contributed by atoms with Crippen molar-refractivity contribution < 1.29 is 5.11 Å². The molecule has 0 spiro atoms. The number of benzene rings is 1. The molecule has 0 aliphatic carbocycles. The van der Waals surface area contributed by atoms with E-state index in [0.29, 0.717) is 11.3 Å². The highest BCUT2D eigenvalue weighted by atomic mass is 16.3. The largest absolute Gasteiger partial charge is 0.507 e. The van der Waals surface area contributed by atoms with Crippen molar-refractivity contribution in [3.8, 4) is 17.0 Å². The Morgan fingerprint density at radius 1 is 1.11 bits per heavy atom. The molecule has 2 heterocycles. The van der Waals surface area contributed by atoms with Gasteiger partial charge in [-0.05, 0) is 31.2 Å². The van der Waals surface area contributed by atoms with Crippen LogP contribution in [-0.4, -0.2) is 33.3 Å². The Hall–Kier alpha value is -2.50. The van der Waals surface area contributed by atoms with Gasteiger partial charge in [-0.3, -0.25) is 0 Å². The average Bonchev–Trinajstić information content (AvgIpc) is 2.40. The number of hydrogen-bond donors (Lipinski definition) is 1. The molecule has 0 saturated heterocycles. The number of hydrogen-bond acceptors (Lipinski definition) is 5. The fourth-order valence-electron chi connectivity index (χ4n) is 2.00. The Labute approximate surface area is 110 Å². The van der Waals surface area contributed by atoms with Gasteiger partial charge in [0, 0.05) is 21.9 Å². The third-order valence-corrected chi connectivity index (χ3v) is 3.04. The monoisotopic (exact) mass is 250 g/mol. The number of nitrogens with zero attached hydrogens (tertiary/aromatic N) is 4. The SMILES string of the molecule is Bc1ccc(-c2cc3c(C)nncc3cc2O)nn1. The van der Waals surface area contributed by atoms with Crippen LogP contribution in [0.5, 0.6) is 5.75 Å². The van der Waals surface area contributed by atoms with Gasteiger partial charge in [-0.2, -0.15) is 20.4 Å². The minimum atomic E-state index is 0.165. The van der Waals surface area contributed by atoms with Gasteiger partial charge in [0.15, 0.2) is 7.85 Å². The summed E-state index contributed by atoms with van der Waals surface area (Å²) in [6, 6.07) is 7.25. The molecule has 5 nitrogen and oxygen atoms in total. The summed E-state index contributed by atoms with van der Waals surface area (Å²) >= 11 is 0. The fourth-order valence-corrected chi connectivity index (χ4v) is 2.00. The van der Waals surface area contributed by atoms with E-state index in [4.69, 9.17) is 0 Å². The molecular weight excluding hydrogens is 239 g/mol. The maximum Gasteiger partial charge on any atom is 0.166 e. The van der Waals surface area contributed by atoms with Crippen LogP contribution in [0.25, 0.3) is 22.0 Å². The summed E-state index contributed by atoms with van der Waals surface area (Å²) in [5, 5.41) is 27.9. The molecule has 19 heavy (non-hydrogen) atoms. The molecule has 0 aliphatic heterocycles. The van der Waals surface area contributed by atoms with E-state index in [2.05, 4.69) is 20.4 Å². The lowest BCUT2D eigenvalue weighted by atomic mass is 10.0. The summed E-state index contributed by atoms with van der Waals surface area (Å²) in [6.45, 7) is 1.89. The van der Waals surface area contributed by atoms with Crippen molar-refractivity contribution in [1.82, 2.24) is 20.4 Å². The van der Waals surface area contributed by atoms with Crippen molar-refractivity contribution in [2.24, 2.45) is 0 Å². The molecule has 1 aromatic carbocycles.